The van der Waals surface area contributed by atoms with Gasteiger partial charge in [-0.1, -0.05) is 11.6 Å². The number of benzene rings is 1. The summed E-state index contributed by atoms with van der Waals surface area (Å²) in [6.07, 6.45) is 0.208. The van der Waals surface area contributed by atoms with Crippen molar-refractivity contribution in [3.63, 3.8) is 0 Å². The molecule has 2 N–H and O–H groups in total. The highest BCUT2D eigenvalue weighted by Crippen LogP contribution is 2.17. The Kier molecular flexibility index (Phi) is 7.90. The third kappa shape index (κ3) is 6.42. The zero-order valence-corrected chi connectivity index (χ0v) is 13.9. The largest absolute Gasteiger partial charge is 0.488 e. The van der Waals surface area contributed by atoms with Gasteiger partial charge in [0, 0.05) is 13.1 Å². The summed E-state index contributed by atoms with van der Waals surface area (Å²) < 4.78 is 55.7. The number of nitrogens with one attached hydrogen (secondary N) is 2. The molecule has 1 aliphatic rings. The lowest BCUT2D eigenvalue weighted by Gasteiger charge is -2.15. The first-order valence-electron chi connectivity index (χ1n) is 6.87. The standard InChI is InChI=1S/C14H18F2N2O3S.ClH/c15-14(16)10-21-12-1-3-13(4-2-12)22(19,20)18-9-11-5-7-17-8-6-11;/h1-5,14,17-18H,6-10H2;1H. The van der Waals surface area contributed by atoms with Gasteiger partial charge in [0.2, 0.25) is 10.0 Å². The van der Waals surface area contributed by atoms with E-state index in [4.69, 9.17) is 4.74 Å². The van der Waals surface area contributed by atoms with E-state index in [1.807, 2.05) is 6.08 Å². The van der Waals surface area contributed by atoms with Crippen molar-refractivity contribution in [3.05, 3.63) is 35.9 Å². The lowest BCUT2D eigenvalue weighted by Crippen LogP contribution is -2.29. The minimum absolute atomic E-state index is 0. The third-order valence-corrected chi connectivity index (χ3v) is 4.57. The van der Waals surface area contributed by atoms with E-state index in [9.17, 15) is 17.2 Å². The zero-order chi connectivity index (χ0) is 16.0. The maximum absolute atomic E-state index is 12.1. The van der Waals surface area contributed by atoms with Crippen LogP contribution in [0.15, 0.2) is 40.8 Å². The monoisotopic (exact) mass is 368 g/mol. The molecular formula is C14H19ClF2N2O3S. The minimum atomic E-state index is -3.62. The van der Waals surface area contributed by atoms with Gasteiger partial charge >= 0.3 is 0 Å². The van der Waals surface area contributed by atoms with Gasteiger partial charge in [-0.15, -0.1) is 12.4 Å². The van der Waals surface area contributed by atoms with E-state index < -0.39 is 23.1 Å². The fourth-order valence-corrected chi connectivity index (χ4v) is 3.01. The Labute approximate surface area is 140 Å². The molecule has 0 aromatic heterocycles. The molecule has 0 unspecified atom stereocenters. The molecule has 0 aliphatic carbocycles. The van der Waals surface area contributed by atoms with Gasteiger partial charge in [-0.3, -0.25) is 0 Å². The molecule has 9 heteroatoms. The second-order valence-corrected chi connectivity index (χ2v) is 6.58. The average molecular weight is 369 g/mol. The van der Waals surface area contributed by atoms with E-state index in [1.165, 1.54) is 24.3 Å². The first kappa shape index (κ1) is 19.8. The average Bonchev–Trinajstić information content (AvgIpc) is 2.52. The number of hydrogen-bond acceptors (Lipinski definition) is 4. The summed E-state index contributed by atoms with van der Waals surface area (Å²) in [4.78, 5) is 0.0754. The lowest BCUT2D eigenvalue weighted by atomic mass is 10.1. The number of rotatable bonds is 7. The molecule has 1 aromatic rings. The number of hydrogen-bond donors (Lipinski definition) is 2. The molecule has 1 aliphatic heterocycles. The van der Waals surface area contributed by atoms with Crippen molar-refractivity contribution in [2.24, 2.45) is 0 Å². The van der Waals surface area contributed by atoms with Crippen LogP contribution in [0, 0.1) is 0 Å². The molecule has 2 rings (SSSR count). The first-order chi connectivity index (χ1) is 10.5. The number of alkyl halides is 2. The van der Waals surface area contributed by atoms with Gasteiger partial charge in [0.15, 0.2) is 0 Å². The van der Waals surface area contributed by atoms with Crippen LogP contribution in [-0.2, 0) is 10.0 Å². The van der Waals surface area contributed by atoms with Gasteiger partial charge in [0.05, 0.1) is 4.90 Å². The van der Waals surface area contributed by atoms with Crippen molar-refractivity contribution in [2.75, 3.05) is 26.2 Å². The summed E-state index contributed by atoms with van der Waals surface area (Å²) in [6, 6.07) is 5.39. The Bertz CT molecular complexity index is 621. The van der Waals surface area contributed by atoms with E-state index in [0.29, 0.717) is 0 Å². The van der Waals surface area contributed by atoms with Crippen LogP contribution >= 0.6 is 12.4 Å². The highest BCUT2D eigenvalue weighted by Gasteiger charge is 2.15. The molecule has 0 atom stereocenters. The lowest BCUT2D eigenvalue weighted by molar-refractivity contribution is 0.0819. The maximum atomic E-state index is 12.1. The Hall–Kier alpha value is -1.22. The van der Waals surface area contributed by atoms with E-state index in [2.05, 4.69) is 10.0 Å². The van der Waals surface area contributed by atoms with Crippen LogP contribution in [0.4, 0.5) is 8.78 Å². The van der Waals surface area contributed by atoms with Gasteiger partial charge in [-0.25, -0.2) is 21.9 Å². The van der Waals surface area contributed by atoms with Gasteiger partial charge in [0.1, 0.15) is 12.4 Å². The molecule has 0 radical (unpaired) electrons. The summed E-state index contributed by atoms with van der Waals surface area (Å²) in [6.45, 7) is 1.14. The molecule has 1 heterocycles. The van der Waals surface area contributed by atoms with Crippen molar-refractivity contribution in [1.29, 1.82) is 0 Å². The molecule has 130 valence electrons. The molecule has 0 spiro atoms. The van der Waals surface area contributed by atoms with E-state index in [-0.39, 0.29) is 29.6 Å². The SMILES string of the molecule is Cl.O=S(=O)(NCC1=CCNCC1)c1ccc(OCC(F)F)cc1. The van der Waals surface area contributed by atoms with Crippen LogP contribution in [0.5, 0.6) is 5.75 Å². The predicted octanol–water partition coefficient (Wildman–Crippen LogP) is 1.95. The Morgan fingerprint density at radius 3 is 2.52 bits per heavy atom. The van der Waals surface area contributed by atoms with E-state index >= 15 is 0 Å². The Morgan fingerprint density at radius 2 is 1.96 bits per heavy atom. The third-order valence-electron chi connectivity index (χ3n) is 3.16. The molecule has 0 amide bonds. The molecule has 0 bridgehead atoms. The number of ether oxygens (including phenoxy) is 1. The van der Waals surface area contributed by atoms with Crippen molar-refractivity contribution < 1.29 is 21.9 Å². The molecule has 0 fully saturated rings. The second-order valence-electron chi connectivity index (χ2n) is 4.81. The zero-order valence-electron chi connectivity index (χ0n) is 12.3. The van der Waals surface area contributed by atoms with Crippen LogP contribution in [0.3, 0.4) is 0 Å². The van der Waals surface area contributed by atoms with Crippen molar-refractivity contribution >= 4 is 22.4 Å². The molecule has 0 saturated heterocycles. The van der Waals surface area contributed by atoms with Gasteiger partial charge < -0.3 is 10.1 Å². The smallest absolute Gasteiger partial charge is 0.272 e. The molecule has 1 aromatic carbocycles. The number of sulfonamides is 1. The van der Waals surface area contributed by atoms with Gasteiger partial charge in [-0.05, 0) is 37.2 Å². The number of halogens is 3. The van der Waals surface area contributed by atoms with Crippen LogP contribution in [0.1, 0.15) is 6.42 Å². The van der Waals surface area contributed by atoms with Crippen LogP contribution in [0.2, 0.25) is 0 Å². The molecule has 0 saturated carbocycles. The van der Waals surface area contributed by atoms with E-state index in [1.54, 1.807) is 0 Å². The summed E-state index contributed by atoms with van der Waals surface area (Å²) >= 11 is 0. The fourth-order valence-electron chi connectivity index (χ4n) is 1.98. The fraction of sp³-hybridized carbons (Fsp3) is 0.429. The predicted molar refractivity (Wildman–Crippen MR) is 85.9 cm³/mol. The van der Waals surface area contributed by atoms with Gasteiger partial charge in [0.25, 0.3) is 6.43 Å². The summed E-state index contributed by atoms with van der Waals surface area (Å²) in [5, 5.41) is 3.15. The summed E-state index contributed by atoms with van der Waals surface area (Å²) in [7, 11) is -3.62. The van der Waals surface area contributed by atoms with Gasteiger partial charge in [-0.2, -0.15) is 0 Å². The molecule has 5 nitrogen and oxygen atoms in total. The van der Waals surface area contributed by atoms with Crippen LogP contribution in [-0.4, -0.2) is 41.1 Å². The van der Waals surface area contributed by atoms with Crippen LogP contribution in [0.25, 0.3) is 0 Å². The topological polar surface area (TPSA) is 67.4 Å². The van der Waals surface area contributed by atoms with E-state index in [0.717, 1.165) is 25.1 Å². The highest BCUT2D eigenvalue weighted by atomic mass is 35.5. The van der Waals surface area contributed by atoms with Crippen molar-refractivity contribution in [2.45, 2.75) is 17.7 Å². The first-order valence-corrected chi connectivity index (χ1v) is 8.35. The summed E-state index contributed by atoms with van der Waals surface area (Å²) in [5.74, 6) is 0.209. The van der Waals surface area contributed by atoms with Crippen LogP contribution < -0.4 is 14.8 Å². The minimum Gasteiger partial charge on any atom is -0.488 e. The molecule has 23 heavy (non-hydrogen) atoms. The normalized spacial score (nSPS) is 15.0. The summed E-state index contributed by atoms with van der Waals surface area (Å²) in [5.41, 5.74) is 1.04. The molecular weight excluding hydrogens is 350 g/mol. The Balaban J connectivity index is 0.00000264. The Morgan fingerprint density at radius 1 is 1.26 bits per heavy atom. The quantitative estimate of drug-likeness (QED) is 0.722. The maximum Gasteiger partial charge on any atom is 0.272 e. The van der Waals surface area contributed by atoms with Crippen molar-refractivity contribution in [3.8, 4) is 5.75 Å². The highest BCUT2D eigenvalue weighted by molar-refractivity contribution is 7.89. The second kappa shape index (κ2) is 9.17. The van der Waals surface area contributed by atoms with Crippen molar-refractivity contribution in [1.82, 2.24) is 10.0 Å².